The van der Waals surface area contributed by atoms with Crippen LogP contribution in [0.25, 0.3) is 0 Å². The fraction of sp³-hybridized carbons (Fsp3) is 0.571. The van der Waals surface area contributed by atoms with E-state index in [2.05, 4.69) is 0 Å². The highest BCUT2D eigenvalue weighted by Gasteiger charge is 2.33. The Labute approximate surface area is 121 Å². The van der Waals surface area contributed by atoms with Gasteiger partial charge in [0.05, 0.1) is 22.7 Å². The average Bonchev–Trinajstić information content (AvgIpc) is 2.33. The molecule has 2 nitrogen and oxygen atoms in total. The van der Waals surface area contributed by atoms with E-state index in [0.717, 1.165) is 12.5 Å². The van der Waals surface area contributed by atoms with Gasteiger partial charge in [0.2, 0.25) is 0 Å². The summed E-state index contributed by atoms with van der Waals surface area (Å²) in [4.78, 5) is 0. The highest BCUT2D eigenvalue weighted by Crippen LogP contribution is 2.36. The molecule has 0 bridgehead atoms. The largest absolute Gasteiger partial charge is 0.417 e. The smallest absolute Gasteiger partial charge is 0.391 e. The second-order valence-electron chi connectivity index (χ2n) is 5.30. The molecule has 0 heterocycles. The minimum atomic E-state index is -4.49. The van der Waals surface area contributed by atoms with Gasteiger partial charge in [-0.2, -0.15) is 13.2 Å². The van der Waals surface area contributed by atoms with E-state index in [1.54, 1.807) is 0 Å². The molecule has 0 aliphatic rings. The number of benzene rings is 1. The van der Waals surface area contributed by atoms with E-state index in [1.165, 1.54) is 12.1 Å². The molecule has 0 aromatic heterocycles. The van der Waals surface area contributed by atoms with Gasteiger partial charge in [-0.3, -0.25) is 0 Å². The summed E-state index contributed by atoms with van der Waals surface area (Å²) in [5, 5.41) is 9.55. The fourth-order valence-corrected chi connectivity index (χ4v) is 2.17. The molecule has 0 aliphatic carbocycles. The maximum Gasteiger partial charge on any atom is 0.417 e. The van der Waals surface area contributed by atoms with Gasteiger partial charge in [0.15, 0.2) is 0 Å². The van der Waals surface area contributed by atoms with Crippen molar-refractivity contribution in [3.63, 3.8) is 0 Å². The molecule has 1 aromatic rings. The van der Waals surface area contributed by atoms with Crippen LogP contribution in [0.1, 0.15) is 43.9 Å². The average molecular weight is 310 g/mol. The van der Waals surface area contributed by atoms with Gasteiger partial charge in [-0.15, -0.1) is 0 Å². The summed E-state index contributed by atoms with van der Waals surface area (Å²) in [7, 11) is 0. The lowest BCUT2D eigenvalue weighted by Crippen LogP contribution is -2.26. The Morgan fingerprint density at radius 3 is 2.30 bits per heavy atom. The molecule has 0 fully saturated rings. The monoisotopic (exact) mass is 309 g/mol. The molecule has 0 spiro atoms. The van der Waals surface area contributed by atoms with Gasteiger partial charge in [0.1, 0.15) is 0 Å². The molecule has 0 radical (unpaired) electrons. The van der Waals surface area contributed by atoms with Crippen LogP contribution >= 0.6 is 11.6 Å². The number of rotatable bonds is 5. The fourth-order valence-electron chi connectivity index (χ4n) is 1.87. The van der Waals surface area contributed by atoms with Crippen LogP contribution in [0.3, 0.4) is 0 Å². The van der Waals surface area contributed by atoms with Crippen LogP contribution in [0.4, 0.5) is 13.2 Å². The third-order valence-corrected chi connectivity index (χ3v) is 3.45. The Kier molecular flexibility index (Phi) is 5.86. The topological polar surface area (TPSA) is 46.2 Å². The zero-order valence-corrected chi connectivity index (χ0v) is 12.2. The summed E-state index contributed by atoms with van der Waals surface area (Å²) in [5.74, 6) is 0.424. The molecular weight excluding hydrogens is 291 g/mol. The Bertz CT molecular complexity index is 449. The van der Waals surface area contributed by atoms with E-state index in [1.807, 2.05) is 13.8 Å². The number of hydrogen-bond acceptors (Lipinski definition) is 2. The summed E-state index contributed by atoms with van der Waals surface area (Å²) in [6, 6.07) is 2.59. The van der Waals surface area contributed by atoms with Crippen molar-refractivity contribution in [2.45, 2.75) is 45.0 Å². The SMILES string of the molecule is CC(C)CC[C@@H](O)[C@@H](N)c1ccc(C(F)(F)F)c(Cl)c1. The highest BCUT2D eigenvalue weighted by molar-refractivity contribution is 6.31. The van der Waals surface area contributed by atoms with Crippen molar-refractivity contribution >= 4 is 11.6 Å². The van der Waals surface area contributed by atoms with Crippen LogP contribution in [0.15, 0.2) is 18.2 Å². The first kappa shape index (κ1) is 17.3. The van der Waals surface area contributed by atoms with Gasteiger partial charge in [0.25, 0.3) is 0 Å². The quantitative estimate of drug-likeness (QED) is 0.858. The number of nitrogens with two attached hydrogens (primary N) is 1. The molecule has 3 N–H and O–H groups in total. The Balaban J connectivity index is 2.84. The molecule has 2 atom stereocenters. The van der Waals surface area contributed by atoms with Crippen LogP contribution in [-0.4, -0.2) is 11.2 Å². The molecule has 1 aromatic carbocycles. The molecule has 0 saturated carbocycles. The molecule has 0 amide bonds. The zero-order valence-electron chi connectivity index (χ0n) is 11.4. The normalized spacial score (nSPS) is 15.4. The third kappa shape index (κ3) is 4.65. The van der Waals surface area contributed by atoms with Crippen molar-refractivity contribution in [3.8, 4) is 0 Å². The molecule has 20 heavy (non-hydrogen) atoms. The number of hydrogen-bond donors (Lipinski definition) is 2. The van der Waals surface area contributed by atoms with Crippen molar-refractivity contribution in [2.75, 3.05) is 0 Å². The molecule has 6 heteroatoms. The second kappa shape index (κ2) is 6.78. The predicted molar refractivity (Wildman–Crippen MR) is 73.5 cm³/mol. The van der Waals surface area contributed by atoms with Crippen molar-refractivity contribution in [2.24, 2.45) is 11.7 Å². The van der Waals surface area contributed by atoms with E-state index < -0.39 is 28.9 Å². The molecule has 0 unspecified atom stereocenters. The van der Waals surface area contributed by atoms with E-state index in [-0.39, 0.29) is 0 Å². The van der Waals surface area contributed by atoms with Crippen LogP contribution < -0.4 is 5.73 Å². The summed E-state index contributed by atoms with van der Waals surface area (Å²) in [6.45, 7) is 4.04. The first-order valence-electron chi connectivity index (χ1n) is 6.43. The maximum atomic E-state index is 12.6. The van der Waals surface area contributed by atoms with Crippen molar-refractivity contribution < 1.29 is 18.3 Å². The maximum absolute atomic E-state index is 12.6. The molecule has 114 valence electrons. The van der Waals surface area contributed by atoms with Gasteiger partial charge >= 0.3 is 6.18 Å². The summed E-state index contributed by atoms with van der Waals surface area (Å²) in [5.41, 5.74) is 5.37. The van der Waals surface area contributed by atoms with Crippen LogP contribution in [-0.2, 0) is 6.18 Å². The molecule has 0 aliphatic heterocycles. The van der Waals surface area contributed by atoms with Crippen LogP contribution in [0.2, 0.25) is 5.02 Å². The van der Waals surface area contributed by atoms with Crippen LogP contribution in [0.5, 0.6) is 0 Å². The Morgan fingerprint density at radius 1 is 1.25 bits per heavy atom. The summed E-state index contributed by atoms with van der Waals surface area (Å²) >= 11 is 5.63. The first-order valence-corrected chi connectivity index (χ1v) is 6.81. The number of aliphatic hydroxyl groups is 1. The van der Waals surface area contributed by atoms with Gasteiger partial charge in [-0.1, -0.05) is 31.5 Å². The van der Waals surface area contributed by atoms with Gasteiger partial charge in [-0.05, 0) is 36.5 Å². The number of aliphatic hydroxyl groups excluding tert-OH is 1. The Hall–Kier alpha value is -0.780. The molecule has 0 saturated heterocycles. The van der Waals surface area contributed by atoms with Crippen molar-refractivity contribution in [1.29, 1.82) is 0 Å². The second-order valence-corrected chi connectivity index (χ2v) is 5.71. The van der Waals surface area contributed by atoms with Gasteiger partial charge in [0, 0.05) is 0 Å². The van der Waals surface area contributed by atoms with E-state index in [9.17, 15) is 18.3 Å². The zero-order chi connectivity index (χ0) is 15.5. The number of halogens is 4. The van der Waals surface area contributed by atoms with Crippen molar-refractivity contribution in [1.82, 2.24) is 0 Å². The first-order chi connectivity index (χ1) is 9.12. The Morgan fingerprint density at radius 2 is 1.85 bits per heavy atom. The van der Waals surface area contributed by atoms with Crippen molar-refractivity contribution in [3.05, 3.63) is 34.3 Å². The van der Waals surface area contributed by atoms with E-state index in [0.29, 0.717) is 17.9 Å². The van der Waals surface area contributed by atoms with E-state index in [4.69, 9.17) is 17.3 Å². The summed E-state index contributed by atoms with van der Waals surface area (Å²) < 4.78 is 37.8. The van der Waals surface area contributed by atoms with E-state index >= 15 is 0 Å². The lowest BCUT2D eigenvalue weighted by Gasteiger charge is -2.21. The lowest BCUT2D eigenvalue weighted by atomic mass is 9.95. The minimum absolute atomic E-state index is 0.401. The lowest BCUT2D eigenvalue weighted by molar-refractivity contribution is -0.137. The number of alkyl halides is 3. The minimum Gasteiger partial charge on any atom is -0.391 e. The third-order valence-electron chi connectivity index (χ3n) is 3.14. The van der Waals surface area contributed by atoms with Crippen LogP contribution in [0, 0.1) is 5.92 Å². The molecular formula is C14H19ClF3NO. The standard InChI is InChI=1S/C14H19ClF3NO/c1-8(2)3-6-12(20)13(19)9-4-5-10(11(15)7-9)14(16,17)18/h4-5,7-8,12-13,20H,3,6,19H2,1-2H3/t12-,13+/m1/s1. The predicted octanol–water partition coefficient (Wildman–Crippen LogP) is 4.16. The van der Waals surface area contributed by atoms with Gasteiger partial charge < -0.3 is 10.8 Å². The van der Waals surface area contributed by atoms with Gasteiger partial charge in [-0.25, -0.2) is 0 Å². The summed E-state index contributed by atoms with van der Waals surface area (Å²) in [6.07, 6.45) is -4.00. The highest BCUT2D eigenvalue weighted by atomic mass is 35.5. The molecule has 1 rings (SSSR count).